The Morgan fingerprint density at radius 1 is 1.09 bits per heavy atom. The molecule has 1 heterocycles. The molecule has 10 heteroatoms. The average Bonchev–Trinajstić information content (AvgIpc) is 3.36. The van der Waals surface area contributed by atoms with Crippen LogP contribution in [0.25, 0.3) is 11.3 Å². The summed E-state index contributed by atoms with van der Waals surface area (Å²) >= 11 is 0. The van der Waals surface area contributed by atoms with Crippen LogP contribution in [0.1, 0.15) is 31.7 Å². The van der Waals surface area contributed by atoms with Crippen LogP contribution in [0.2, 0.25) is 0 Å². The number of aliphatic hydroxyl groups is 1. The van der Waals surface area contributed by atoms with E-state index in [1.54, 1.807) is 48.7 Å². The molecule has 0 saturated heterocycles. The quantitative estimate of drug-likeness (QED) is 0.279. The van der Waals surface area contributed by atoms with Gasteiger partial charge in [-0.25, -0.2) is 14.6 Å². The van der Waals surface area contributed by atoms with E-state index >= 15 is 0 Å². The zero-order valence-electron chi connectivity index (χ0n) is 19.2. The fourth-order valence-electron chi connectivity index (χ4n) is 2.91. The highest BCUT2D eigenvalue weighted by molar-refractivity contribution is 6.00. The van der Waals surface area contributed by atoms with E-state index in [1.807, 2.05) is 0 Å². The van der Waals surface area contributed by atoms with Crippen LogP contribution in [0, 0.1) is 0 Å². The second-order valence-electron chi connectivity index (χ2n) is 7.15. The smallest absolute Gasteiger partial charge is 0.404 e. The predicted molar refractivity (Wildman–Crippen MR) is 129 cm³/mol. The molecule has 1 aromatic heterocycles. The van der Waals surface area contributed by atoms with Crippen molar-refractivity contribution in [2.45, 2.75) is 32.7 Å². The number of unbranched alkanes of at least 4 members (excludes halogenated alkanes) is 2. The molecule has 10 nitrogen and oxygen atoms in total. The number of carbonyl (C=O) groups is 2. The number of methoxy groups -OCH3 is 1. The summed E-state index contributed by atoms with van der Waals surface area (Å²) in [6, 6.07) is 11.6. The number of hydrogen-bond donors (Lipinski definition) is 5. The van der Waals surface area contributed by atoms with Gasteiger partial charge < -0.3 is 35.3 Å². The molecule has 0 aliphatic carbocycles. The fourth-order valence-corrected chi connectivity index (χ4v) is 2.91. The number of carbonyl (C=O) groups excluding carboxylic acids is 1. The second-order valence-corrected chi connectivity index (χ2v) is 7.15. The minimum absolute atomic E-state index is 0.146. The van der Waals surface area contributed by atoms with E-state index in [2.05, 4.69) is 27.9 Å². The van der Waals surface area contributed by atoms with Crippen molar-refractivity contribution in [2.75, 3.05) is 24.4 Å². The minimum Gasteiger partial charge on any atom is -0.496 e. The van der Waals surface area contributed by atoms with Gasteiger partial charge in [-0.15, -0.1) is 0 Å². The molecule has 0 aliphatic rings. The second kappa shape index (κ2) is 14.2. The van der Waals surface area contributed by atoms with Crippen LogP contribution in [-0.2, 0) is 6.54 Å². The van der Waals surface area contributed by atoms with Crippen LogP contribution < -0.4 is 20.7 Å². The summed E-state index contributed by atoms with van der Waals surface area (Å²) in [6.07, 6.45) is 5.12. The molecule has 3 aromatic rings. The van der Waals surface area contributed by atoms with Gasteiger partial charge in [0.2, 0.25) is 0 Å². The number of amides is 3. The van der Waals surface area contributed by atoms with Gasteiger partial charge in [-0.3, -0.25) is 0 Å². The van der Waals surface area contributed by atoms with E-state index in [0.717, 1.165) is 18.4 Å². The highest BCUT2D eigenvalue weighted by Gasteiger charge is 2.11. The summed E-state index contributed by atoms with van der Waals surface area (Å²) in [4.78, 5) is 26.7. The summed E-state index contributed by atoms with van der Waals surface area (Å²) in [7, 11) is 1.52. The minimum atomic E-state index is -1.11. The Kier molecular flexibility index (Phi) is 10.9. The average molecular weight is 471 g/mol. The predicted octanol–water partition coefficient (Wildman–Crippen LogP) is 4.93. The first kappa shape index (κ1) is 26.2. The molecule has 3 amide bonds. The van der Waals surface area contributed by atoms with Crippen molar-refractivity contribution in [1.82, 2.24) is 10.3 Å². The van der Waals surface area contributed by atoms with Gasteiger partial charge in [-0.05, 0) is 36.2 Å². The SMILES string of the molecule is CCCCCO.COc1cc(NC(=O)Nc2cccc(CNC(=O)O)c2)ccc1-c1cnco1. The molecule has 182 valence electrons. The molecule has 0 bridgehead atoms. The molecule has 5 N–H and O–H groups in total. The van der Waals surface area contributed by atoms with E-state index in [0.29, 0.717) is 35.1 Å². The van der Waals surface area contributed by atoms with Crippen molar-refractivity contribution in [1.29, 1.82) is 0 Å². The van der Waals surface area contributed by atoms with Gasteiger partial charge in [0.25, 0.3) is 0 Å². The van der Waals surface area contributed by atoms with Gasteiger partial charge in [-0.1, -0.05) is 31.9 Å². The van der Waals surface area contributed by atoms with Gasteiger partial charge in [-0.2, -0.15) is 0 Å². The maximum Gasteiger partial charge on any atom is 0.404 e. The van der Waals surface area contributed by atoms with E-state index in [4.69, 9.17) is 19.4 Å². The lowest BCUT2D eigenvalue weighted by atomic mass is 10.1. The van der Waals surface area contributed by atoms with E-state index in [1.165, 1.54) is 19.9 Å². The molecule has 0 saturated carbocycles. The molecule has 0 atom stereocenters. The Morgan fingerprint density at radius 3 is 2.44 bits per heavy atom. The van der Waals surface area contributed by atoms with Gasteiger partial charge in [0, 0.05) is 30.6 Å². The number of benzene rings is 2. The lowest BCUT2D eigenvalue weighted by Crippen LogP contribution is -2.21. The summed E-state index contributed by atoms with van der Waals surface area (Å²) in [5, 5.41) is 24.6. The van der Waals surface area contributed by atoms with Gasteiger partial charge in [0.05, 0.1) is 18.9 Å². The molecular weight excluding hydrogens is 440 g/mol. The van der Waals surface area contributed by atoms with Crippen LogP contribution in [0.4, 0.5) is 21.0 Å². The number of carboxylic acid groups (broad SMARTS) is 1. The Hall–Kier alpha value is -4.05. The van der Waals surface area contributed by atoms with Gasteiger partial charge in [0.15, 0.2) is 12.2 Å². The maximum atomic E-state index is 12.3. The number of rotatable bonds is 9. The monoisotopic (exact) mass is 470 g/mol. The Morgan fingerprint density at radius 2 is 1.85 bits per heavy atom. The lowest BCUT2D eigenvalue weighted by molar-refractivity contribution is 0.194. The number of oxazole rings is 1. The molecular formula is C24H30N4O6. The number of ether oxygens (including phenoxy) is 1. The largest absolute Gasteiger partial charge is 0.496 e. The molecule has 0 aliphatic heterocycles. The van der Waals surface area contributed by atoms with Crippen LogP contribution in [0.15, 0.2) is 59.5 Å². The van der Waals surface area contributed by atoms with Crippen LogP contribution in [-0.4, -0.2) is 41.0 Å². The summed E-state index contributed by atoms with van der Waals surface area (Å²) in [5.41, 5.74) is 2.50. The van der Waals surface area contributed by atoms with Crippen molar-refractivity contribution >= 4 is 23.5 Å². The molecule has 2 aromatic carbocycles. The van der Waals surface area contributed by atoms with Gasteiger partial charge >= 0.3 is 12.1 Å². The zero-order chi connectivity index (χ0) is 24.8. The Bertz CT molecular complexity index is 1040. The van der Waals surface area contributed by atoms with Crippen molar-refractivity contribution in [3.05, 3.63) is 60.6 Å². The third-order valence-electron chi connectivity index (χ3n) is 4.55. The van der Waals surface area contributed by atoms with Crippen LogP contribution >= 0.6 is 0 Å². The van der Waals surface area contributed by atoms with Crippen molar-refractivity contribution in [3.63, 3.8) is 0 Å². The maximum absolute atomic E-state index is 12.3. The summed E-state index contributed by atoms with van der Waals surface area (Å²) < 4.78 is 10.6. The van der Waals surface area contributed by atoms with Crippen molar-refractivity contribution < 1.29 is 29.0 Å². The molecule has 3 rings (SSSR count). The molecule has 0 unspecified atom stereocenters. The van der Waals surface area contributed by atoms with Crippen LogP contribution in [0.3, 0.4) is 0 Å². The molecule has 0 radical (unpaired) electrons. The fraction of sp³-hybridized carbons (Fsp3) is 0.292. The number of urea groups is 1. The topological polar surface area (TPSA) is 146 Å². The van der Waals surface area contributed by atoms with Crippen molar-refractivity contribution in [2.24, 2.45) is 0 Å². The molecule has 34 heavy (non-hydrogen) atoms. The van der Waals surface area contributed by atoms with E-state index in [9.17, 15) is 9.59 Å². The summed E-state index contributed by atoms with van der Waals surface area (Å²) in [5.74, 6) is 1.08. The Labute approximate surface area is 198 Å². The molecule has 0 fully saturated rings. The normalized spacial score (nSPS) is 9.97. The summed E-state index contributed by atoms with van der Waals surface area (Å²) in [6.45, 7) is 2.62. The van der Waals surface area contributed by atoms with Crippen LogP contribution in [0.5, 0.6) is 5.75 Å². The zero-order valence-corrected chi connectivity index (χ0v) is 19.2. The number of aromatic nitrogens is 1. The first-order valence-corrected chi connectivity index (χ1v) is 10.8. The van der Waals surface area contributed by atoms with Crippen molar-refractivity contribution in [3.8, 4) is 17.1 Å². The van der Waals surface area contributed by atoms with E-state index in [-0.39, 0.29) is 6.54 Å². The number of anilines is 2. The first-order valence-electron chi connectivity index (χ1n) is 10.8. The lowest BCUT2D eigenvalue weighted by Gasteiger charge is -2.11. The number of aliphatic hydroxyl groups excluding tert-OH is 1. The Balaban J connectivity index is 0.000000604. The number of nitrogens with zero attached hydrogens (tertiary/aromatic N) is 1. The van der Waals surface area contributed by atoms with Gasteiger partial charge in [0.1, 0.15) is 5.75 Å². The highest BCUT2D eigenvalue weighted by atomic mass is 16.5. The standard InChI is InChI=1S/C19H18N4O5.C5H12O/c1-27-16-8-14(5-6-15(16)17-10-20-11-28-17)23-18(24)22-13-4-2-3-12(7-13)9-21-19(25)26;1-2-3-4-5-6/h2-8,10-11,21H,9H2,1H3,(H,25,26)(H2,22,23,24);6H,2-5H2,1H3. The highest BCUT2D eigenvalue weighted by Crippen LogP contribution is 2.32. The number of hydrogen-bond acceptors (Lipinski definition) is 6. The number of nitrogens with one attached hydrogen (secondary N) is 3. The van der Waals surface area contributed by atoms with E-state index < -0.39 is 12.1 Å². The third-order valence-corrected chi connectivity index (χ3v) is 4.55. The first-order chi connectivity index (χ1) is 16.5. The third kappa shape index (κ3) is 8.83. The molecule has 0 spiro atoms.